The zero-order valence-corrected chi connectivity index (χ0v) is 10.4. The van der Waals surface area contributed by atoms with Crippen molar-refractivity contribution in [3.8, 4) is 5.75 Å². The fraction of sp³-hybridized carbons (Fsp3) is 0.333. The van der Waals surface area contributed by atoms with Crippen molar-refractivity contribution >= 4 is 29.1 Å². The van der Waals surface area contributed by atoms with Crippen LogP contribution in [0.4, 0.5) is 5.69 Å². The minimum atomic E-state index is -0.367. The second-order valence-electron chi connectivity index (χ2n) is 3.88. The molecular weight excluding hydrogens is 256 g/mol. The summed E-state index contributed by atoms with van der Waals surface area (Å²) in [7, 11) is 0. The Labute approximate surface area is 109 Å². The molecule has 0 atom stereocenters. The lowest BCUT2D eigenvalue weighted by atomic mass is 10.1. The molecule has 2 N–H and O–H groups in total. The third-order valence-electron chi connectivity index (χ3n) is 2.54. The number of benzene rings is 1. The number of anilines is 1. The van der Waals surface area contributed by atoms with E-state index in [1.165, 1.54) is 0 Å². The summed E-state index contributed by atoms with van der Waals surface area (Å²) >= 11 is 5.30. The van der Waals surface area contributed by atoms with Gasteiger partial charge in [0.1, 0.15) is 11.6 Å². The highest BCUT2D eigenvalue weighted by molar-refractivity contribution is 6.27. The number of amides is 2. The van der Waals surface area contributed by atoms with E-state index in [0.717, 1.165) is 17.7 Å². The summed E-state index contributed by atoms with van der Waals surface area (Å²) < 4.78 is 5.37. The largest absolute Gasteiger partial charge is 0.493 e. The van der Waals surface area contributed by atoms with E-state index in [2.05, 4.69) is 10.6 Å². The number of nitrogens with one attached hydrogen (secondary N) is 2. The van der Waals surface area contributed by atoms with E-state index < -0.39 is 0 Å². The fourth-order valence-corrected chi connectivity index (χ4v) is 1.79. The average Bonchev–Trinajstić information content (AvgIpc) is 2.83. The molecule has 1 aliphatic heterocycles. The first kappa shape index (κ1) is 12.7. The average molecular weight is 269 g/mol. The Hall–Kier alpha value is -1.75. The van der Waals surface area contributed by atoms with Crippen molar-refractivity contribution in [3.05, 3.63) is 23.8 Å². The van der Waals surface area contributed by atoms with Gasteiger partial charge in [0.25, 0.3) is 0 Å². The molecule has 1 aliphatic rings. The van der Waals surface area contributed by atoms with Crippen molar-refractivity contribution < 1.29 is 14.3 Å². The zero-order chi connectivity index (χ0) is 13.0. The van der Waals surface area contributed by atoms with Gasteiger partial charge in [-0.2, -0.15) is 0 Å². The molecule has 0 bridgehead atoms. The van der Waals surface area contributed by atoms with Crippen LogP contribution >= 0.6 is 11.6 Å². The summed E-state index contributed by atoms with van der Waals surface area (Å²) in [6.45, 7) is 0.595. The van der Waals surface area contributed by atoms with Crippen LogP contribution in [-0.2, 0) is 16.0 Å². The molecule has 2 rings (SSSR count). The van der Waals surface area contributed by atoms with Gasteiger partial charge in [0.2, 0.25) is 11.8 Å². The molecule has 0 unspecified atom stereocenters. The molecule has 6 heteroatoms. The van der Waals surface area contributed by atoms with Crippen LogP contribution in [-0.4, -0.2) is 30.8 Å². The molecule has 2 amide bonds. The van der Waals surface area contributed by atoms with Gasteiger partial charge in [0.05, 0.1) is 13.2 Å². The molecule has 5 nitrogen and oxygen atoms in total. The van der Waals surface area contributed by atoms with E-state index in [1.807, 2.05) is 12.1 Å². The predicted octanol–water partition coefficient (Wildman–Crippen LogP) is 0.915. The summed E-state index contributed by atoms with van der Waals surface area (Å²) in [6.07, 6.45) is 0.849. The maximum atomic E-state index is 11.5. The Morgan fingerprint density at radius 3 is 2.94 bits per heavy atom. The van der Waals surface area contributed by atoms with Crippen LogP contribution in [0.25, 0.3) is 0 Å². The normalized spacial score (nSPS) is 12.5. The second-order valence-corrected chi connectivity index (χ2v) is 4.15. The Morgan fingerprint density at radius 1 is 1.33 bits per heavy atom. The van der Waals surface area contributed by atoms with Crippen LogP contribution < -0.4 is 15.4 Å². The maximum Gasteiger partial charge on any atom is 0.243 e. The highest BCUT2D eigenvalue weighted by Crippen LogP contribution is 2.27. The van der Waals surface area contributed by atoms with E-state index in [1.54, 1.807) is 6.07 Å². The zero-order valence-electron chi connectivity index (χ0n) is 9.66. The molecule has 0 radical (unpaired) electrons. The van der Waals surface area contributed by atoms with Gasteiger partial charge in [-0.25, -0.2) is 0 Å². The quantitative estimate of drug-likeness (QED) is 0.798. The summed E-state index contributed by atoms with van der Waals surface area (Å²) in [5, 5.41) is 5.10. The first-order valence-corrected chi connectivity index (χ1v) is 6.11. The van der Waals surface area contributed by atoms with Crippen molar-refractivity contribution in [2.24, 2.45) is 0 Å². The van der Waals surface area contributed by atoms with Crippen molar-refractivity contribution in [1.29, 1.82) is 0 Å². The minimum Gasteiger partial charge on any atom is -0.493 e. The molecule has 1 aromatic rings. The van der Waals surface area contributed by atoms with Crippen molar-refractivity contribution in [2.45, 2.75) is 6.42 Å². The van der Waals surface area contributed by atoms with Crippen molar-refractivity contribution in [2.75, 3.05) is 24.3 Å². The van der Waals surface area contributed by atoms with Crippen LogP contribution in [0.3, 0.4) is 0 Å². The number of ether oxygens (including phenoxy) is 1. The van der Waals surface area contributed by atoms with E-state index >= 15 is 0 Å². The number of halogens is 1. The summed E-state index contributed by atoms with van der Waals surface area (Å²) in [5.41, 5.74) is 1.78. The van der Waals surface area contributed by atoms with Gasteiger partial charge in [0.15, 0.2) is 0 Å². The fourth-order valence-electron chi connectivity index (χ4n) is 1.70. The Bertz CT molecular complexity index is 476. The number of carbonyl (C=O) groups excluding carboxylic acids is 2. The Kier molecular flexibility index (Phi) is 4.04. The minimum absolute atomic E-state index is 0.0842. The van der Waals surface area contributed by atoms with Gasteiger partial charge in [-0.15, -0.1) is 11.6 Å². The molecule has 0 aromatic heterocycles. The lowest BCUT2D eigenvalue weighted by Crippen LogP contribution is -2.33. The molecular formula is C12H13ClN2O3. The first-order chi connectivity index (χ1) is 8.69. The van der Waals surface area contributed by atoms with Gasteiger partial charge in [0, 0.05) is 12.1 Å². The highest BCUT2D eigenvalue weighted by Gasteiger charge is 2.13. The molecule has 0 spiro atoms. The Balaban J connectivity index is 1.89. The monoisotopic (exact) mass is 268 g/mol. The number of rotatable bonds is 4. The van der Waals surface area contributed by atoms with E-state index in [-0.39, 0.29) is 24.2 Å². The van der Waals surface area contributed by atoms with Gasteiger partial charge in [-0.1, -0.05) is 0 Å². The molecule has 0 fully saturated rings. The standard InChI is InChI=1S/C12H13ClN2O3/c13-6-11(16)14-7-12(17)15-9-1-2-10-8(5-9)3-4-18-10/h1-2,5H,3-4,6-7H2,(H,14,16)(H,15,17). The van der Waals surface area contributed by atoms with Crippen LogP contribution in [0, 0.1) is 0 Å². The second kappa shape index (κ2) is 5.73. The van der Waals surface area contributed by atoms with E-state index in [4.69, 9.17) is 16.3 Å². The summed E-state index contributed by atoms with van der Waals surface area (Å²) in [4.78, 5) is 22.4. The third-order valence-corrected chi connectivity index (χ3v) is 2.78. The van der Waals surface area contributed by atoms with Crippen LogP contribution in [0.2, 0.25) is 0 Å². The number of alkyl halides is 1. The molecule has 18 heavy (non-hydrogen) atoms. The summed E-state index contributed by atoms with van der Waals surface area (Å²) in [5.74, 6) is 0.0636. The topological polar surface area (TPSA) is 67.4 Å². The molecule has 1 heterocycles. The van der Waals surface area contributed by atoms with Gasteiger partial charge >= 0.3 is 0 Å². The number of hydrogen-bond acceptors (Lipinski definition) is 3. The third kappa shape index (κ3) is 3.13. The van der Waals surface area contributed by atoms with Gasteiger partial charge in [-0.05, 0) is 23.8 Å². The van der Waals surface area contributed by atoms with Crippen LogP contribution in [0.1, 0.15) is 5.56 Å². The number of fused-ring (bicyclic) bond motifs is 1. The smallest absolute Gasteiger partial charge is 0.243 e. The maximum absolute atomic E-state index is 11.5. The highest BCUT2D eigenvalue weighted by atomic mass is 35.5. The van der Waals surface area contributed by atoms with Crippen LogP contribution in [0.15, 0.2) is 18.2 Å². The lowest BCUT2D eigenvalue weighted by Gasteiger charge is -2.07. The molecule has 1 aromatic carbocycles. The first-order valence-electron chi connectivity index (χ1n) is 5.57. The van der Waals surface area contributed by atoms with Crippen LogP contribution in [0.5, 0.6) is 5.75 Å². The Morgan fingerprint density at radius 2 is 2.17 bits per heavy atom. The van der Waals surface area contributed by atoms with Crippen molar-refractivity contribution in [3.63, 3.8) is 0 Å². The van der Waals surface area contributed by atoms with E-state index in [9.17, 15) is 9.59 Å². The van der Waals surface area contributed by atoms with E-state index in [0.29, 0.717) is 12.3 Å². The molecule has 96 valence electrons. The SMILES string of the molecule is O=C(CCl)NCC(=O)Nc1ccc2c(c1)CCO2. The van der Waals surface area contributed by atoms with Gasteiger partial charge < -0.3 is 15.4 Å². The molecule has 0 saturated heterocycles. The predicted molar refractivity (Wildman–Crippen MR) is 68.0 cm³/mol. The van der Waals surface area contributed by atoms with Crippen molar-refractivity contribution in [1.82, 2.24) is 5.32 Å². The lowest BCUT2D eigenvalue weighted by molar-refractivity contribution is -0.122. The molecule has 0 saturated carbocycles. The number of carbonyl (C=O) groups is 2. The number of hydrogen-bond donors (Lipinski definition) is 2. The summed E-state index contributed by atoms with van der Waals surface area (Å²) in [6, 6.07) is 5.48. The van der Waals surface area contributed by atoms with Gasteiger partial charge in [-0.3, -0.25) is 9.59 Å². The molecule has 0 aliphatic carbocycles.